The van der Waals surface area contributed by atoms with Gasteiger partial charge in [-0.3, -0.25) is 9.59 Å². The van der Waals surface area contributed by atoms with E-state index in [0.29, 0.717) is 27.0 Å². The van der Waals surface area contributed by atoms with Gasteiger partial charge in [0.25, 0.3) is 0 Å². The summed E-state index contributed by atoms with van der Waals surface area (Å²) in [6, 6.07) is 17.3. The first kappa shape index (κ1) is 28.3. The smallest absolute Gasteiger partial charge is 0.238 e. The van der Waals surface area contributed by atoms with E-state index in [2.05, 4.69) is 41.7 Å². The van der Waals surface area contributed by atoms with E-state index in [4.69, 9.17) is 27.9 Å². The summed E-state index contributed by atoms with van der Waals surface area (Å²) in [6.07, 6.45) is 0.0777. The van der Waals surface area contributed by atoms with Crippen LogP contribution < -0.4 is 15.4 Å². The maximum Gasteiger partial charge on any atom is 0.238 e. The van der Waals surface area contributed by atoms with Crippen LogP contribution in [0.1, 0.15) is 40.6 Å². The minimum atomic E-state index is -1.68. The Bertz CT molecular complexity index is 1560. The second-order valence-electron chi connectivity index (χ2n) is 11.1. The van der Waals surface area contributed by atoms with Gasteiger partial charge in [0.1, 0.15) is 25.8 Å². The third kappa shape index (κ3) is 5.25. The monoisotopic (exact) mass is 592 g/mol. The molecule has 0 bridgehead atoms. The van der Waals surface area contributed by atoms with Gasteiger partial charge in [-0.15, -0.1) is 5.54 Å². The highest BCUT2D eigenvalue weighted by Gasteiger charge is 2.61. The normalized spacial score (nSPS) is 21.8. The van der Waals surface area contributed by atoms with Gasteiger partial charge in [0.2, 0.25) is 11.8 Å². The van der Waals surface area contributed by atoms with Crippen LogP contribution >= 0.6 is 23.2 Å². The van der Waals surface area contributed by atoms with E-state index in [1.807, 2.05) is 36.4 Å². The predicted molar refractivity (Wildman–Crippen MR) is 161 cm³/mol. The molecule has 9 heteroatoms. The Labute approximate surface area is 245 Å². The lowest BCUT2D eigenvalue weighted by atomic mass is 9.59. The van der Waals surface area contributed by atoms with Crippen LogP contribution in [-0.4, -0.2) is 38.2 Å². The first-order chi connectivity index (χ1) is 19.0. The SMILES string of the molecule is C[Si](C)(C)C#Cc1ccc(OCCO)c(C2NC(=O)CC(c3cccc(Cl)c3)C23C(=O)Nc2cc(Cl)ccc23)c1. The molecule has 206 valence electrons. The number of hydrogen-bond donors (Lipinski definition) is 3. The first-order valence-electron chi connectivity index (χ1n) is 13.1. The molecule has 6 nitrogen and oxygen atoms in total. The number of carbonyl (C=O) groups is 2. The molecular weight excluding hydrogens is 563 g/mol. The molecule has 1 saturated heterocycles. The van der Waals surface area contributed by atoms with Crippen LogP contribution in [0.4, 0.5) is 5.69 Å². The van der Waals surface area contributed by atoms with Gasteiger partial charge in [0, 0.05) is 39.2 Å². The number of ether oxygens (including phenoxy) is 1. The molecule has 3 aromatic carbocycles. The van der Waals surface area contributed by atoms with Crippen LogP contribution in [0.3, 0.4) is 0 Å². The van der Waals surface area contributed by atoms with Gasteiger partial charge in [-0.2, -0.15) is 0 Å². The number of carbonyl (C=O) groups excluding carboxylic acids is 2. The molecule has 1 spiro atoms. The van der Waals surface area contributed by atoms with Crippen LogP contribution in [0.2, 0.25) is 29.7 Å². The van der Waals surface area contributed by atoms with Crippen molar-refractivity contribution in [1.82, 2.24) is 5.32 Å². The summed E-state index contributed by atoms with van der Waals surface area (Å²) in [7, 11) is -1.68. The average Bonchev–Trinajstić information content (AvgIpc) is 3.18. The zero-order valence-corrected chi connectivity index (χ0v) is 25.0. The highest BCUT2D eigenvalue weighted by molar-refractivity contribution is 6.83. The van der Waals surface area contributed by atoms with Crippen molar-refractivity contribution in [2.75, 3.05) is 18.5 Å². The van der Waals surface area contributed by atoms with Crippen molar-refractivity contribution in [2.45, 2.75) is 43.4 Å². The van der Waals surface area contributed by atoms with Gasteiger partial charge in [-0.25, -0.2) is 0 Å². The van der Waals surface area contributed by atoms with E-state index in [1.165, 1.54) is 0 Å². The molecule has 2 heterocycles. The molecule has 3 unspecified atom stereocenters. The lowest BCUT2D eigenvalue weighted by Gasteiger charge is -2.46. The molecule has 2 aliphatic rings. The van der Waals surface area contributed by atoms with Crippen molar-refractivity contribution in [1.29, 1.82) is 0 Å². The highest BCUT2D eigenvalue weighted by Crippen LogP contribution is 2.58. The molecule has 3 aromatic rings. The van der Waals surface area contributed by atoms with Gasteiger partial charge >= 0.3 is 0 Å². The summed E-state index contributed by atoms with van der Waals surface area (Å²) in [5.74, 6) is 2.73. The predicted octanol–water partition coefficient (Wildman–Crippen LogP) is 5.83. The highest BCUT2D eigenvalue weighted by atomic mass is 35.5. The molecular formula is C31H30Cl2N2O4Si. The first-order valence-corrected chi connectivity index (χ1v) is 17.4. The Kier molecular flexibility index (Phi) is 7.73. The Hall–Kier alpha value is -3.28. The molecule has 1 fully saturated rings. The van der Waals surface area contributed by atoms with Gasteiger partial charge in [-0.05, 0) is 53.6 Å². The summed E-state index contributed by atoms with van der Waals surface area (Å²) in [4.78, 5) is 27.7. The molecule has 5 rings (SSSR count). The van der Waals surface area contributed by atoms with Crippen molar-refractivity contribution in [3.63, 3.8) is 0 Å². The van der Waals surface area contributed by atoms with Crippen LogP contribution in [0.5, 0.6) is 5.75 Å². The fourth-order valence-corrected chi connectivity index (χ4v) is 6.56. The molecule has 0 aromatic heterocycles. The molecule has 0 saturated carbocycles. The van der Waals surface area contributed by atoms with E-state index in [0.717, 1.165) is 16.7 Å². The van der Waals surface area contributed by atoms with Crippen LogP contribution in [0.25, 0.3) is 0 Å². The number of anilines is 1. The van der Waals surface area contributed by atoms with Crippen LogP contribution in [0, 0.1) is 11.5 Å². The van der Waals surface area contributed by atoms with E-state index >= 15 is 0 Å². The Morgan fingerprint density at radius 3 is 2.55 bits per heavy atom. The third-order valence-electron chi connectivity index (χ3n) is 7.25. The number of hydrogen-bond acceptors (Lipinski definition) is 4. The van der Waals surface area contributed by atoms with Crippen molar-refractivity contribution in [3.05, 3.63) is 93.0 Å². The Morgan fingerprint density at radius 2 is 1.82 bits per heavy atom. The Balaban J connectivity index is 1.79. The van der Waals surface area contributed by atoms with Gasteiger partial charge in [0.05, 0.1) is 12.6 Å². The number of benzene rings is 3. The van der Waals surface area contributed by atoms with Gasteiger partial charge in [0.15, 0.2) is 0 Å². The number of fused-ring (bicyclic) bond motifs is 2. The number of amides is 2. The van der Waals surface area contributed by atoms with E-state index in [1.54, 1.807) is 24.3 Å². The minimum absolute atomic E-state index is 0.0523. The Morgan fingerprint density at radius 1 is 1.05 bits per heavy atom. The quantitative estimate of drug-likeness (QED) is 0.257. The van der Waals surface area contributed by atoms with Crippen molar-refractivity contribution in [2.24, 2.45) is 0 Å². The summed E-state index contributed by atoms with van der Waals surface area (Å²) >= 11 is 12.7. The van der Waals surface area contributed by atoms with Crippen molar-refractivity contribution < 1.29 is 19.4 Å². The zero-order valence-electron chi connectivity index (χ0n) is 22.5. The molecule has 3 N–H and O–H groups in total. The van der Waals surface area contributed by atoms with Crippen molar-refractivity contribution >= 4 is 48.8 Å². The molecule has 3 atom stereocenters. The van der Waals surface area contributed by atoms with Crippen LogP contribution in [-0.2, 0) is 15.0 Å². The number of piperidine rings is 1. The molecule has 0 aliphatic carbocycles. The molecule has 0 radical (unpaired) electrons. The maximum absolute atomic E-state index is 14.3. The zero-order chi connectivity index (χ0) is 28.7. The summed E-state index contributed by atoms with van der Waals surface area (Å²) < 4.78 is 5.97. The fourth-order valence-electron chi connectivity index (χ4n) is 5.67. The summed E-state index contributed by atoms with van der Waals surface area (Å²) in [6.45, 7) is 6.35. The molecule has 2 aliphatic heterocycles. The number of rotatable bonds is 5. The lowest BCUT2D eigenvalue weighted by Crippen LogP contribution is -2.57. The average molecular weight is 594 g/mol. The topological polar surface area (TPSA) is 87.7 Å². The van der Waals surface area contributed by atoms with Crippen LogP contribution in [0.15, 0.2) is 60.7 Å². The van der Waals surface area contributed by atoms with E-state index < -0.39 is 25.4 Å². The largest absolute Gasteiger partial charge is 0.491 e. The molecule has 2 amide bonds. The van der Waals surface area contributed by atoms with E-state index in [-0.39, 0.29) is 31.4 Å². The number of aliphatic hydroxyl groups excluding tert-OH is 1. The summed E-state index contributed by atoms with van der Waals surface area (Å²) in [5, 5.41) is 16.7. The fraction of sp³-hybridized carbons (Fsp3) is 0.290. The number of halogens is 2. The summed E-state index contributed by atoms with van der Waals surface area (Å²) in [5.41, 5.74) is 5.59. The van der Waals surface area contributed by atoms with E-state index in [9.17, 15) is 14.7 Å². The number of aliphatic hydroxyl groups is 1. The van der Waals surface area contributed by atoms with Gasteiger partial charge in [-0.1, -0.05) is 67.0 Å². The minimum Gasteiger partial charge on any atom is -0.491 e. The van der Waals surface area contributed by atoms with Gasteiger partial charge < -0.3 is 20.5 Å². The maximum atomic E-state index is 14.3. The second kappa shape index (κ2) is 10.9. The molecule has 40 heavy (non-hydrogen) atoms. The third-order valence-corrected chi connectivity index (χ3v) is 8.60. The standard InChI is InChI=1S/C31H30Cl2N2O4Si/c1-40(2,3)14-11-19-7-10-27(39-13-12-36)23(15-19)29-31(24-9-8-22(33)17-26(24)34-30(31)38)25(18-28(37)35-29)20-5-4-6-21(32)16-20/h4-10,15-17,25,29,36H,12-13,18H2,1-3H3,(H,34,38)(H,35,37). The second-order valence-corrected chi connectivity index (χ2v) is 16.8. The van der Waals surface area contributed by atoms with Crippen molar-refractivity contribution in [3.8, 4) is 17.2 Å². The number of nitrogens with one attached hydrogen (secondary N) is 2. The lowest BCUT2D eigenvalue weighted by molar-refractivity contribution is -0.131.